The van der Waals surface area contributed by atoms with Gasteiger partial charge in [0.2, 0.25) is 0 Å². The number of nitrogens with zero attached hydrogens (tertiary/aromatic N) is 1. The number of likely N-dealkylation sites (tertiary alicyclic amines) is 1. The van der Waals surface area contributed by atoms with Gasteiger partial charge in [-0.3, -0.25) is 9.59 Å². The van der Waals surface area contributed by atoms with Crippen LogP contribution in [-0.4, -0.2) is 28.3 Å². The molecule has 170 valence electrons. The number of benzene rings is 2. The molecular formula is C27H27NO5. The molecule has 1 aliphatic heterocycles. The number of amides is 1. The molecule has 1 aliphatic rings. The van der Waals surface area contributed by atoms with E-state index in [1.54, 1.807) is 43.3 Å². The van der Waals surface area contributed by atoms with Crippen molar-refractivity contribution in [3.05, 3.63) is 95.0 Å². The molecule has 3 aromatic rings. The van der Waals surface area contributed by atoms with Crippen LogP contribution < -0.4 is 4.74 Å². The van der Waals surface area contributed by atoms with Crippen LogP contribution in [0, 0.1) is 6.92 Å². The number of unbranched alkanes of at least 4 members (excludes halogenated alkanes) is 1. The fourth-order valence-electron chi connectivity index (χ4n) is 3.94. The van der Waals surface area contributed by atoms with E-state index in [9.17, 15) is 14.7 Å². The quantitative estimate of drug-likeness (QED) is 0.218. The highest BCUT2D eigenvalue weighted by atomic mass is 16.5. The zero-order valence-corrected chi connectivity index (χ0v) is 18.8. The highest BCUT2D eigenvalue weighted by Crippen LogP contribution is 2.41. The molecule has 33 heavy (non-hydrogen) atoms. The Balaban J connectivity index is 1.76. The van der Waals surface area contributed by atoms with Crippen molar-refractivity contribution in [3.63, 3.8) is 0 Å². The maximum atomic E-state index is 13.1. The number of ether oxygens (including phenoxy) is 1. The van der Waals surface area contributed by atoms with Crippen LogP contribution in [0.25, 0.3) is 5.76 Å². The van der Waals surface area contributed by atoms with Crippen LogP contribution in [0.15, 0.2) is 76.7 Å². The van der Waals surface area contributed by atoms with Crippen molar-refractivity contribution in [3.8, 4) is 5.75 Å². The van der Waals surface area contributed by atoms with Gasteiger partial charge < -0.3 is 19.2 Å². The number of carbonyl (C=O) groups is 2. The normalized spacial score (nSPS) is 17.5. The van der Waals surface area contributed by atoms with Gasteiger partial charge in [0, 0.05) is 12.1 Å². The van der Waals surface area contributed by atoms with E-state index in [1.165, 1.54) is 4.90 Å². The molecule has 1 fully saturated rings. The number of ketones is 1. The first-order chi connectivity index (χ1) is 16.0. The number of aliphatic hydroxyl groups is 1. The highest BCUT2D eigenvalue weighted by molar-refractivity contribution is 6.46. The molecule has 1 N–H and O–H groups in total. The Morgan fingerprint density at radius 2 is 1.85 bits per heavy atom. The first-order valence-electron chi connectivity index (χ1n) is 11.1. The minimum Gasteiger partial charge on any atom is -0.507 e. The number of hydrogen-bond acceptors (Lipinski definition) is 5. The molecule has 4 rings (SSSR count). The van der Waals surface area contributed by atoms with Crippen molar-refractivity contribution in [2.75, 3.05) is 6.61 Å². The summed E-state index contributed by atoms with van der Waals surface area (Å²) < 4.78 is 11.6. The fourth-order valence-corrected chi connectivity index (χ4v) is 3.94. The summed E-state index contributed by atoms with van der Waals surface area (Å²) in [5, 5.41) is 11.2. The van der Waals surface area contributed by atoms with E-state index >= 15 is 0 Å². The number of aryl methyl sites for hydroxylation is 1. The van der Waals surface area contributed by atoms with Gasteiger partial charge in [-0.1, -0.05) is 55.8 Å². The first-order valence-corrected chi connectivity index (χ1v) is 11.1. The Labute approximate surface area is 193 Å². The maximum absolute atomic E-state index is 13.1. The second-order valence-electron chi connectivity index (χ2n) is 8.09. The summed E-state index contributed by atoms with van der Waals surface area (Å²) in [5.41, 5.74) is 1.30. The first kappa shape index (κ1) is 22.4. The maximum Gasteiger partial charge on any atom is 0.296 e. The molecule has 1 amide bonds. The number of hydrogen-bond donors (Lipinski definition) is 1. The molecule has 6 nitrogen and oxygen atoms in total. The lowest BCUT2D eigenvalue weighted by Crippen LogP contribution is -2.29. The van der Waals surface area contributed by atoms with Gasteiger partial charge in [-0.05, 0) is 43.2 Å². The molecule has 1 aromatic heterocycles. The van der Waals surface area contributed by atoms with E-state index < -0.39 is 17.7 Å². The Morgan fingerprint density at radius 3 is 2.55 bits per heavy atom. The molecule has 2 aromatic carbocycles. The Morgan fingerprint density at radius 1 is 1.06 bits per heavy atom. The van der Waals surface area contributed by atoms with Crippen molar-refractivity contribution in [1.29, 1.82) is 0 Å². The summed E-state index contributed by atoms with van der Waals surface area (Å²) >= 11 is 0. The van der Waals surface area contributed by atoms with Crippen LogP contribution in [0.4, 0.5) is 0 Å². The zero-order valence-electron chi connectivity index (χ0n) is 18.8. The Hall–Kier alpha value is -3.80. The van der Waals surface area contributed by atoms with E-state index in [1.807, 2.05) is 30.3 Å². The van der Waals surface area contributed by atoms with Crippen LogP contribution in [0.5, 0.6) is 5.75 Å². The van der Waals surface area contributed by atoms with Gasteiger partial charge in [-0.25, -0.2) is 0 Å². The van der Waals surface area contributed by atoms with Gasteiger partial charge in [0.1, 0.15) is 29.1 Å². The van der Waals surface area contributed by atoms with E-state index in [0.29, 0.717) is 29.4 Å². The fraction of sp³-hybridized carbons (Fsp3) is 0.259. The summed E-state index contributed by atoms with van der Waals surface area (Å²) in [6.07, 6.45) is 1.92. The SMILES string of the molecule is CCCCOc1cccc(C(O)=C2C(=O)C(=O)N(Cc3ccccc3)C2c2ccc(C)o2)c1. The molecule has 0 spiro atoms. The topological polar surface area (TPSA) is 80.0 Å². The lowest BCUT2D eigenvalue weighted by Gasteiger charge is -2.23. The van der Waals surface area contributed by atoms with Gasteiger partial charge in [0.05, 0.1) is 12.2 Å². The van der Waals surface area contributed by atoms with E-state index in [-0.39, 0.29) is 17.9 Å². The minimum absolute atomic E-state index is 0.0102. The smallest absolute Gasteiger partial charge is 0.296 e. The lowest BCUT2D eigenvalue weighted by atomic mass is 9.99. The second kappa shape index (κ2) is 9.77. The molecule has 0 bridgehead atoms. The lowest BCUT2D eigenvalue weighted by molar-refractivity contribution is -0.140. The summed E-state index contributed by atoms with van der Waals surface area (Å²) in [6, 6.07) is 19.0. The molecule has 2 heterocycles. The second-order valence-corrected chi connectivity index (χ2v) is 8.09. The monoisotopic (exact) mass is 445 g/mol. The average molecular weight is 446 g/mol. The van der Waals surface area contributed by atoms with Crippen LogP contribution >= 0.6 is 0 Å². The van der Waals surface area contributed by atoms with Gasteiger partial charge >= 0.3 is 0 Å². The predicted molar refractivity (Wildman–Crippen MR) is 125 cm³/mol. The van der Waals surface area contributed by atoms with Gasteiger partial charge in [0.15, 0.2) is 0 Å². The number of furan rings is 1. The number of rotatable bonds is 8. The molecule has 0 aliphatic carbocycles. The number of carbonyl (C=O) groups excluding carboxylic acids is 2. The molecule has 0 radical (unpaired) electrons. The third-order valence-electron chi connectivity index (χ3n) is 5.64. The summed E-state index contributed by atoms with van der Waals surface area (Å²) in [4.78, 5) is 27.6. The van der Waals surface area contributed by atoms with Gasteiger partial charge in [-0.15, -0.1) is 0 Å². The van der Waals surface area contributed by atoms with Gasteiger partial charge in [0.25, 0.3) is 11.7 Å². The van der Waals surface area contributed by atoms with Crippen molar-refractivity contribution < 1.29 is 23.8 Å². The summed E-state index contributed by atoms with van der Waals surface area (Å²) in [5.74, 6) is 0.0241. The third-order valence-corrected chi connectivity index (χ3v) is 5.64. The Kier molecular flexibility index (Phi) is 6.63. The van der Waals surface area contributed by atoms with Crippen molar-refractivity contribution >= 4 is 17.4 Å². The predicted octanol–water partition coefficient (Wildman–Crippen LogP) is 5.39. The molecule has 6 heteroatoms. The molecular weight excluding hydrogens is 418 g/mol. The average Bonchev–Trinajstić information content (AvgIpc) is 3.36. The third kappa shape index (κ3) is 4.70. The standard InChI is InChI=1S/C27H27NO5/c1-3-4-15-32-21-12-8-11-20(16-21)25(29)23-24(22-14-13-18(2)33-22)28(27(31)26(23)30)17-19-9-6-5-7-10-19/h5-14,16,24,29H,3-4,15,17H2,1-2H3. The van der Waals surface area contributed by atoms with Crippen LogP contribution in [0.3, 0.4) is 0 Å². The number of Topliss-reactive ketones (excluding diaryl/α,β-unsaturated/α-hetero) is 1. The van der Waals surface area contributed by atoms with E-state index in [0.717, 1.165) is 18.4 Å². The van der Waals surface area contributed by atoms with Crippen LogP contribution in [0.1, 0.15) is 48.5 Å². The van der Waals surface area contributed by atoms with Gasteiger partial charge in [-0.2, -0.15) is 0 Å². The Bertz CT molecular complexity index is 1180. The zero-order chi connectivity index (χ0) is 23.4. The van der Waals surface area contributed by atoms with E-state index in [2.05, 4.69) is 6.92 Å². The highest BCUT2D eigenvalue weighted by Gasteiger charge is 2.47. The van der Waals surface area contributed by atoms with Crippen LogP contribution in [-0.2, 0) is 16.1 Å². The minimum atomic E-state index is -0.830. The van der Waals surface area contributed by atoms with Crippen molar-refractivity contribution in [2.24, 2.45) is 0 Å². The van der Waals surface area contributed by atoms with Crippen molar-refractivity contribution in [1.82, 2.24) is 4.90 Å². The summed E-state index contributed by atoms with van der Waals surface area (Å²) in [6.45, 7) is 4.65. The number of aliphatic hydroxyl groups excluding tert-OH is 1. The molecule has 1 saturated heterocycles. The molecule has 0 saturated carbocycles. The summed E-state index contributed by atoms with van der Waals surface area (Å²) in [7, 11) is 0. The molecule has 1 unspecified atom stereocenters. The van der Waals surface area contributed by atoms with Crippen molar-refractivity contribution in [2.45, 2.75) is 39.3 Å². The van der Waals surface area contributed by atoms with Crippen LogP contribution in [0.2, 0.25) is 0 Å². The van der Waals surface area contributed by atoms with E-state index in [4.69, 9.17) is 9.15 Å². The largest absolute Gasteiger partial charge is 0.507 e. The molecule has 1 atom stereocenters.